The smallest absolute Gasteiger partial charge is 0.255 e. The highest BCUT2D eigenvalue weighted by atomic mass is 32.2. The van der Waals surface area contributed by atoms with Crippen LogP contribution in [-0.2, 0) is 9.59 Å². The Morgan fingerprint density at radius 1 is 1.09 bits per heavy atom. The fourth-order valence-corrected chi connectivity index (χ4v) is 5.23. The summed E-state index contributed by atoms with van der Waals surface area (Å²) < 4.78 is 0. The van der Waals surface area contributed by atoms with E-state index >= 15 is 0 Å². The molecule has 1 unspecified atom stereocenters. The SMILES string of the molecule is CC1=C(C(=O)Nc2ccccc2)C(c2cc(C)ccc2C)N2C(CC(=O)NC(C)C)=CSC2=N1. The molecular formula is C27H30N4O2S. The van der Waals surface area contributed by atoms with E-state index in [0.29, 0.717) is 11.3 Å². The summed E-state index contributed by atoms with van der Waals surface area (Å²) in [4.78, 5) is 33.1. The third-order valence-corrected chi connectivity index (χ3v) is 6.69. The Morgan fingerprint density at radius 2 is 1.82 bits per heavy atom. The van der Waals surface area contributed by atoms with Crippen molar-refractivity contribution in [3.8, 4) is 0 Å². The molecule has 2 amide bonds. The van der Waals surface area contributed by atoms with E-state index in [1.165, 1.54) is 11.8 Å². The van der Waals surface area contributed by atoms with Crippen molar-refractivity contribution in [2.75, 3.05) is 5.32 Å². The predicted molar refractivity (Wildman–Crippen MR) is 139 cm³/mol. The van der Waals surface area contributed by atoms with Crippen LogP contribution in [0.15, 0.2) is 75.9 Å². The van der Waals surface area contributed by atoms with Gasteiger partial charge in [0.1, 0.15) is 0 Å². The van der Waals surface area contributed by atoms with Gasteiger partial charge < -0.3 is 15.5 Å². The summed E-state index contributed by atoms with van der Waals surface area (Å²) in [6, 6.07) is 15.4. The van der Waals surface area contributed by atoms with Crippen LogP contribution in [0.4, 0.5) is 5.69 Å². The summed E-state index contributed by atoms with van der Waals surface area (Å²) >= 11 is 1.49. The molecule has 0 bridgehead atoms. The molecule has 2 aliphatic rings. The molecule has 1 atom stereocenters. The number of amides is 2. The zero-order chi connectivity index (χ0) is 24.4. The van der Waals surface area contributed by atoms with E-state index < -0.39 is 0 Å². The molecule has 2 aromatic carbocycles. The Kier molecular flexibility index (Phi) is 6.93. The molecule has 0 saturated heterocycles. The number of carbonyl (C=O) groups excluding carboxylic acids is 2. The Balaban J connectivity index is 1.78. The molecule has 7 heteroatoms. The number of aryl methyl sites for hydroxylation is 2. The summed E-state index contributed by atoms with van der Waals surface area (Å²) in [5.41, 5.74) is 6.05. The number of aliphatic imine (C=N–C) groups is 1. The number of hydrogen-bond acceptors (Lipinski definition) is 5. The van der Waals surface area contributed by atoms with Crippen molar-refractivity contribution in [2.24, 2.45) is 4.99 Å². The number of para-hydroxylation sites is 1. The van der Waals surface area contributed by atoms with Crippen LogP contribution in [-0.4, -0.2) is 27.9 Å². The number of rotatable bonds is 6. The summed E-state index contributed by atoms with van der Waals surface area (Å²) in [6.07, 6.45) is 0.220. The van der Waals surface area contributed by atoms with Crippen LogP contribution < -0.4 is 10.6 Å². The predicted octanol–water partition coefficient (Wildman–Crippen LogP) is 5.43. The van der Waals surface area contributed by atoms with E-state index in [1.807, 2.05) is 63.4 Å². The third kappa shape index (κ3) is 4.94. The van der Waals surface area contributed by atoms with Gasteiger partial charge in [0.2, 0.25) is 5.91 Å². The van der Waals surface area contributed by atoms with Gasteiger partial charge in [0.15, 0.2) is 5.17 Å². The van der Waals surface area contributed by atoms with Crippen molar-refractivity contribution in [2.45, 2.75) is 53.1 Å². The molecule has 2 aliphatic heterocycles. The summed E-state index contributed by atoms with van der Waals surface area (Å²) in [5, 5.41) is 8.77. The lowest BCUT2D eigenvalue weighted by Crippen LogP contribution is -2.39. The zero-order valence-corrected chi connectivity index (χ0v) is 21.0. The van der Waals surface area contributed by atoms with Crippen LogP contribution in [0.25, 0.3) is 0 Å². The second kappa shape index (κ2) is 9.89. The second-order valence-corrected chi connectivity index (χ2v) is 9.81. The largest absolute Gasteiger partial charge is 0.354 e. The van der Waals surface area contributed by atoms with Crippen LogP contribution in [0, 0.1) is 13.8 Å². The van der Waals surface area contributed by atoms with Gasteiger partial charge in [0.05, 0.1) is 23.7 Å². The summed E-state index contributed by atoms with van der Waals surface area (Å²) in [5.74, 6) is -0.246. The highest BCUT2D eigenvalue weighted by Crippen LogP contribution is 2.45. The van der Waals surface area contributed by atoms with Crippen molar-refractivity contribution < 1.29 is 9.59 Å². The van der Waals surface area contributed by atoms with E-state index in [-0.39, 0.29) is 30.3 Å². The topological polar surface area (TPSA) is 73.8 Å². The molecule has 2 heterocycles. The molecule has 2 aromatic rings. The molecule has 0 aromatic heterocycles. The number of fused-ring (bicyclic) bond motifs is 1. The molecule has 6 nitrogen and oxygen atoms in total. The lowest BCUT2D eigenvalue weighted by molar-refractivity contribution is -0.121. The molecule has 0 aliphatic carbocycles. The number of carbonyl (C=O) groups is 2. The van der Waals surface area contributed by atoms with E-state index in [9.17, 15) is 9.59 Å². The van der Waals surface area contributed by atoms with Gasteiger partial charge in [-0.15, -0.1) is 0 Å². The molecule has 4 rings (SSSR count). The first-order chi connectivity index (χ1) is 16.2. The Bertz CT molecular complexity index is 1210. The fraction of sp³-hybridized carbons (Fsp3) is 0.296. The summed E-state index contributed by atoms with van der Waals surface area (Å²) in [7, 11) is 0. The van der Waals surface area contributed by atoms with Gasteiger partial charge in [-0.25, -0.2) is 4.99 Å². The second-order valence-electron chi connectivity index (χ2n) is 8.97. The quantitative estimate of drug-likeness (QED) is 0.585. The van der Waals surface area contributed by atoms with Crippen molar-refractivity contribution in [1.82, 2.24) is 10.2 Å². The van der Waals surface area contributed by atoms with Gasteiger partial charge in [-0.05, 0) is 63.3 Å². The molecule has 2 N–H and O–H groups in total. The average molecular weight is 475 g/mol. The third-order valence-electron chi connectivity index (χ3n) is 5.80. The molecule has 176 valence electrons. The highest BCUT2D eigenvalue weighted by molar-refractivity contribution is 8.16. The normalized spacial score (nSPS) is 17.4. The van der Waals surface area contributed by atoms with Crippen LogP contribution in [0.3, 0.4) is 0 Å². The Hall–Kier alpha value is -3.32. The average Bonchev–Trinajstić information content (AvgIpc) is 3.16. The maximum Gasteiger partial charge on any atom is 0.255 e. The minimum absolute atomic E-state index is 0.0515. The minimum Gasteiger partial charge on any atom is -0.354 e. The number of allylic oxidation sites excluding steroid dienone is 1. The molecule has 0 radical (unpaired) electrons. The number of hydrogen-bond donors (Lipinski definition) is 2. The monoisotopic (exact) mass is 474 g/mol. The summed E-state index contributed by atoms with van der Waals surface area (Å²) in [6.45, 7) is 9.88. The number of amidine groups is 1. The number of benzene rings is 2. The van der Waals surface area contributed by atoms with Gasteiger partial charge in [0, 0.05) is 17.4 Å². The first-order valence-electron chi connectivity index (χ1n) is 11.4. The zero-order valence-electron chi connectivity index (χ0n) is 20.2. The number of anilines is 1. The first-order valence-corrected chi connectivity index (χ1v) is 12.3. The lowest BCUT2D eigenvalue weighted by Gasteiger charge is -2.37. The van der Waals surface area contributed by atoms with E-state index in [2.05, 4.69) is 40.7 Å². The van der Waals surface area contributed by atoms with E-state index in [1.54, 1.807) is 0 Å². The maximum absolute atomic E-state index is 13.7. The van der Waals surface area contributed by atoms with Crippen molar-refractivity contribution >= 4 is 34.4 Å². The van der Waals surface area contributed by atoms with E-state index in [0.717, 1.165) is 33.2 Å². The maximum atomic E-state index is 13.7. The minimum atomic E-state index is -0.385. The van der Waals surface area contributed by atoms with Crippen LogP contribution in [0.2, 0.25) is 0 Å². The number of nitrogens with one attached hydrogen (secondary N) is 2. The van der Waals surface area contributed by atoms with Gasteiger partial charge in [-0.1, -0.05) is 53.7 Å². The van der Waals surface area contributed by atoms with Crippen molar-refractivity contribution in [3.63, 3.8) is 0 Å². The van der Waals surface area contributed by atoms with Gasteiger partial charge in [-0.3, -0.25) is 9.59 Å². The number of nitrogens with zero attached hydrogens (tertiary/aromatic N) is 2. The van der Waals surface area contributed by atoms with Crippen LogP contribution in [0.5, 0.6) is 0 Å². The lowest BCUT2D eigenvalue weighted by atomic mass is 9.89. The first kappa shape index (κ1) is 23.8. The van der Waals surface area contributed by atoms with Gasteiger partial charge in [-0.2, -0.15) is 0 Å². The van der Waals surface area contributed by atoms with Crippen molar-refractivity contribution in [1.29, 1.82) is 0 Å². The standard InChI is InChI=1S/C27H30N4O2S/c1-16(2)28-23(32)14-21-15-34-27-29-19(5)24(26(33)30-20-9-7-6-8-10-20)25(31(21)27)22-13-17(3)11-12-18(22)4/h6-13,15-16,25H,14H2,1-5H3,(H,28,32)(H,30,33). The van der Waals surface area contributed by atoms with Gasteiger partial charge in [0.25, 0.3) is 5.91 Å². The highest BCUT2D eigenvalue weighted by Gasteiger charge is 2.41. The molecule has 34 heavy (non-hydrogen) atoms. The Labute approximate surface area is 205 Å². The molecular weight excluding hydrogens is 444 g/mol. The van der Waals surface area contributed by atoms with Crippen LogP contribution in [0.1, 0.15) is 49.9 Å². The van der Waals surface area contributed by atoms with Gasteiger partial charge >= 0.3 is 0 Å². The fourth-order valence-electron chi connectivity index (χ4n) is 4.27. The van der Waals surface area contributed by atoms with Crippen LogP contribution >= 0.6 is 11.8 Å². The van der Waals surface area contributed by atoms with Crippen molar-refractivity contribution in [3.05, 3.63) is 87.6 Å². The number of thioether (sulfide) groups is 1. The molecule has 0 fully saturated rings. The molecule has 0 spiro atoms. The molecule has 0 saturated carbocycles. The Morgan fingerprint density at radius 3 is 2.53 bits per heavy atom. The van der Waals surface area contributed by atoms with E-state index in [4.69, 9.17) is 4.99 Å².